The first-order chi connectivity index (χ1) is 16.1. The molecule has 34 heavy (non-hydrogen) atoms. The number of hydrogen-bond donors (Lipinski definition) is 1. The Morgan fingerprint density at radius 3 is 2.12 bits per heavy atom. The fraction of sp³-hybridized carbons (Fsp3) is 0.269. The van der Waals surface area contributed by atoms with Gasteiger partial charge in [-0.2, -0.15) is 0 Å². The van der Waals surface area contributed by atoms with E-state index >= 15 is 0 Å². The number of hydrogen-bond acceptors (Lipinski definition) is 5. The van der Waals surface area contributed by atoms with E-state index in [9.17, 15) is 13.2 Å². The van der Waals surface area contributed by atoms with Crippen molar-refractivity contribution in [3.05, 3.63) is 83.4 Å². The molecule has 0 heterocycles. The molecular weight excluding hydrogens is 452 g/mol. The van der Waals surface area contributed by atoms with Crippen LogP contribution in [-0.2, 0) is 14.8 Å². The van der Waals surface area contributed by atoms with Gasteiger partial charge in [-0.3, -0.25) is 9.10 Å². The lowest BCUT2D eigenvalue weighted by Crippen LogP contribution is -2.41. The second kappa shape index (κ2) is 10.6. The zero-order chi connectivity index (χ0) is 24.9. The van der Waals surface area contributed by atoms with Crippen molar-refractivity contribution in [2.45, 2.75) is 31.7 Å². The fourth-order valence-electron chi connectivity index (χ4n) is 3.76. The highest BCUT2D eigenvalue weighted by atomic mass is 32.2. The van der Waals surface area contributed by atoms with Gasteiger partial charge in [0.2, 0.25) is 5.91 Å². The Morgan fingerprint density at radius 2 is 1.53 bits per heavy atom. The molecule has 1 unspecified atom stereocenters. The molecule has 0 saturated heterocycles. The third-order valence-electron chi connectivity index (χ3n) is 5.40. The number of benzene rings is 3. The molecule has 0 saturated carbocycles. The summed E-state index contributed by atoms with van der Waals surface area (Å²) in [6, 6.07) is 19.0. The van der Waals surface area contributed by atoms with E-state index in [1.807, 2.05) is 57.2 Å². The normalized spacial score (nSPS) is 12.0. The summed E-state index contributed by atoms with van der Waals surface area (Å²) in [4.78, 5) is 13.0. The molecule has 0 radical (unpaired) electrons. The second-order valence-electron chi connectivity index (χ2n) is 8.07. The molecule has 1 atom stereocenters. The van der Waals surface area contributed by atoms with Gasteiger partial charge in [-0.25, -0.2) is 8.42 Å². The van der Waals surface area contributed by atoms with Crippen molar-refractivity contribution < 1.29 is 22.7 Å². The van der Waals surface area contributed by atoms with Crippen molar-refractivity contribution in [1.82, 2.24) is 5.32 Å². The van der Waals surface area contributed by atoms with Gasteiger partial charge >= 0.3 is 0 Å². The molecule has 1 amide bonds. The van der Waals surface area contributed by atoms with Crippen LogP contribution in [0.2, 0.25) is 0 Å². The maximum Gasteiger partial charge on any atom is 0.264 e. The predicted molar refractivity (Wildman–Crippen MR) is 133 cm³/mol. The average Bonchev–Trinajstić information content (AvgIpc) is 2.81. The smallest absolute Gasteiger partial charge is 0.264 e. The molecule has 0 aromatic heterocycles. The number of amides is 1. The Morgan fingerprint density at radius 1 is 0.912 bits per heavy atom. The van der Waals surface area contributed by atoms with Crippen LogP contribution in [0.1, 0.15) is 29.7 Å². The predicted octanol–water partition coefficient (Wildman–Crippen LogP) is 4.39. The first-order valence-corrected chi connectivity index (χ1v) is 12.3. The fourth-order valence-corrected chi connectivity index (χ4v) is 5.18. The number of aryl methyl sites for hydroxylation is 2. The Balaban J connectivity index is 1.99. The number of methoxy groups -OCH3 is 2. The largest absolute Gasteiger partial charge is 0.493 e. The molecule has 0 aliphatic heterocycles. The van der Waals surface area contributed by atoms with Crippen LogP contribution in [0.5, 0.6) is 11.5 Å². The van der Waals surface area contributed by atoms with Gasteiger partial charge in [0, 0.05) is 6.07 Å². The number of anilines is 1. The molecule has 3 rings (SSSR count). The van der Waals surface area contributed by atoms with Crippen molar-refractivity contribution in [1.29, 1.82) is 0 Å². The summed E-state index contributed by atoms with van der Waals surface area (Å²) < 4.78 is 39.2. The van der Waals surface area contributed by atoms with E-state index in [-0.39, 0.29) is 23.2 Å². The van der Waals surface area contributed by atoms with E-state index < -0.39 is 15.9 Å². The maximum absolute atomic E-state index is 13.8. The highest BCUT2D eigenvalue weighted by molar-refractivity contribution is 7.92. The zero-order valence-corrected chi connectivity index (χ0v) is 20.8. The number of carbonyl (C=O) groups is 1. The Labute approximate surface area is 201 Å². The van der Waals surface area contributed by atoms with Crippen LogP contribution in [0.4, 0.5) is 5.69 Å². The summed E-state index contributed by atoms with van der Waals surface area (Å²) in [5.41, 5.74) is 3.12. The number of nitrogens with one attached hydrogen (secondary N) is 1. The average molecular weight is 483 g/mol. The standard InChI is InChI=1S/C26H30N2O5S/c1-18-13-19(2)15-22(14-18)28(17-26(29)27-20(3)21-9-7-6-8-10-21)34(30,31)23-11-12-24(32-4)25(16-23)33-5/h6-16,20H,17H2,1-5H3,(H,27,29). The van der Waals surface area contributed by atoms with Crippen LogP contribution >= 0.6 is 0 Å². The van der Waals surface area contributed by atoms with Crippen molar-refractivity contribution in [3.8, 4) is 11.5 Å². The summed E-state index contributed by atoms with van der Waals surface area (Å²) in [7, 11) is -1.19. The van der Waals surface area contributed by atoms with Crippen LogP contribution in [0.3, 0.4) is 0 Å². The topological polar surface area (TPSA) is 84.9 Å². The van der Waals surface area contributed by atoms with Gasteiger partial charge in [-0.15, -0.1) is 0 Å². The molecule has 1 N–H and O–H groups in total. The van der Waals surface area contributed by atoms with Gasteiger partial charge in [0.05, 0.1) is 30.8 Å². The highest BCUT2D eigenvalue weighted by Gasteiger charge is 2.29. The molecule has 0 fully saturated rings. The number of rotatable bonds is 9. The van der Waals surface area contributed by atoms with Gasteiger partial charge < -0.3 is 14.8 Å². The van der Waals surface area contributed by atoms with Crippen LogP contribution in [-0.4, -0.2) is 35.1 Å². The summed E-state index contributed by atoms with van der Waals surface area (Å²) >= 11 is 0. The summed E-state index contributed by atoms with van der Waals surface area (Å²) in [6.07, 6.45) is 0. The number of nitrogens with zero attached hydrogens (tertiary/aromatic N) is 1. The van der Waals surface area contributed by atoms with Crippen molar-refractivity contribution in [2.24, 2.45) is 0 Å². The molecule has 0 spiro atoms. The Hall–Kier alpha value is -3.52. The summed E-state index contributed by atoms with van der Waals surface area (Å²) in [5, 5.41) is 2.90. The lowest BCUT2D eigenvalue weighted by atomic mass is 10.1. The zero-order valence-electron chi connectivity index (χ0n) is 20.0. The third kappa shape index (κ3) is 5.69. The van der Waals surface area contributed by atoms with E-state index in [2.05, 4.69) is 5.32 Å². The minimum absolute atomic E-state index is 0.00628. The van der Waals surface area contributed by atoms with E-state index in [1.54, 1.807) is 12.1 Å². The van der Waals surface area contributed by atoms with Crippen LogP contribution in [0.25, 0.3) is 0 Å². The SMILES string of the molecule is COc1ccc(S(=O)(=O)N(CC(=O)NC(C)c2ccccc2)c2cc(C)cc(C)c2)cc1OC. The van der Waals surface area contributed by atoms with Crippen molar-refractivity contribution in [3.63, 3.8) is 0 Å². The summed E-state index contributed by atoms with van der Waals surface area (Å²) in [5.74, 6) is 0.277. The first kappa shape index (κ1) is 25.1. The van der Waals surface area contributed by atoms with Gasteiger partial charge in [-0.1, -0.05) is 36.4 Å². The highest BCUT2D eigenvalue weighted by Crippen LogP contribution is 2.32. The molecule has 8 heteroatoms. The van der Waals surface area contributed by atoms with Crippen LogP contribution in [0.15, 0.2) is 71.6 Å². The first-order valence-electron chi connectivity index (χ1n) is 10.8. The van der Waals surface area contributed by atoms with Gasteiger partial charge in [-0.05, 0) is 61.7 Å². The monoisotopic (exact) mass is 482 g/mol. The van der Waals surface area contributed by atoms with E-state index in [1.165, 1.54) is 32.4 Å². The molecule has 180 valence electrons. The molecule has 3 aromatic rings. The van der Waals surface area contributed by atoms with Crippen molar-refractivity contribution in [2.75, 3.05) is 25.1 Å². The Kier molecular flexibility index (Phi) is 7.83. The molecule has 0 aliphatic carbocycles. The lowest BCUT2D eigenvalue weighted by Gasteiger charge is -2.26. The minimum atomic E-state index is -4.10. The number of carbonyl (C=O) groups excluding carboxylic acids is 1. The molecule has 0 aliphatic rings. The van der Waals surface area contributed by atoms with E-state index in [0.29, 0.717) is 11.4 Å². The molecule has 0 bridgehead atoms. The molecular formula is C26H30N2O5S. The third-order valence-corrected chi connectivity index (χ3v) is 7.17. The number of sulfonamides is 1. The number of ether oxygens (including phenoxy) is 2. The Bertz CT molecular complexity index is 1240. The van der Waals surface area contributed by atoms with Gasteiger partial charge in [0.15, 0.2) is 11.5 Å². The lowest BCUT2D eigenvalue weighted by molar-refractivity contribution is -0.120. The quantitative estimate of drug-likeness (QED) is 0.489. The van der Waals surface area contributed by atoms with Gasteiger partial charge in [0.25, 0.3) is 10.0 Å². The molecule has 7 nitrogen and oxygen atoms in total. The molecule has 3 aromatic carbocycles. The second-order valence-corrected chi connectivity index (χ2v) is 9.94. The van der Waals surface area contributed by atoms with Crippen LogP contribution in [0, 0.1) is 13.8 Å². The minimum Gasteiger partial charge on any atom is -0.493 e. The van der Waals surface area contributed by atoms with Crippen LogP contribution < -0.4 is 19.1 Å². The van der Waals surface area contributed by atoms with E-state index in [0.717, 1.165) is 21.0 Å². The van der Waals surface area contributed by atoms with Gasteiger partial charge in [0.1, 0.15) is 6.54 Å². The maximum atomic E-state index is 13.8. The summed E-state index contributed by atoms with van der Waals surface area (Å²) in [6.45, 7) is 5.25. The van der Waals surface area contributed by atoms with Crippen molar-refractivity contribution >= 4 is 21.6 Å². The van der Waals surface area contributed by atoms with E-state index in [4.69, 9.17) is 9.47 Å².